The minimum atomic E-state index is -0.926. The van der Waals surface area contributed by atoms with Gasteiger partial charge in [0, 0.05) is 23.6 Å². The fourth-order valence-electron chi connectivity index (χ4n) is 2.26. The molecule has 25 heavy (non-hydrogen) atoms. The van der Waals surface area contributed by atoms with Gasteiger partial charge >= 0.3 is 5.97 Å². The predicted octanol–water partition coefficient (Wildman–Crippen LogP) is 3.37. The van der Waals surface area contributed by atoms with Crippen molar-refractivity contribution in [3.63, 3.8) is 0 Å². The van der Waals surface area contributed by atoms with E-state index in [1.807, 2.05) is 30.3 Å². The monoisotopic (exact) mass is 361 g/mol. The number of halogens is 1. The molecule has 0 aliphatic heterocycles. The quantitative estimate of drug-likeness (QED) is 0.672. The summed E-state index contributed by atoms with van der Waals surface area (Å²) in [6, 6.07) is 15.4. The SMILES string of the molecule is O=C(CCSc1ccc(F)cc1)NCC(Cc1ccccc1)C(=O)O. The van der Waals surface area contributed by atoms with Crippen LogP contribution in [0.25, 0.3) is 0 Å². The number of hydrogen-bond donors (Lipinski definition) is 2. The molecule has 2 N–H and O–H groups in total. The number of carboxylic acid groups (broad SMARTS) is 1. The largest absolute Gasteiger partial charge is 0.481 e. The van der Waals surface area contributed by atoms with Crippen LogP contribution in [0.5, 0.6) is 0 Å². The molecule has 132 valence electrons. The minimum absolute atomic E-state index is 0.101. The molecule has 2 rings (SSSR count). The Morgan fingerprint density at radius 1 is 1.08 bits per heavy atom. The van der Waals surface area contributed by atoms with Gasteiger partial charge in [0.25, 0.3) is 0 Å². The van der Waals surface area contributed by atoms with Crippen molar-refractivity contribution in [2.75, 3.05) is 12.3 Å². The summed E-state index contributed by atoms with van der Waals surface area (Å²) >= 11 is 1.46. The van der Waals surface area contributed by atoms with E-state index in [1.54, 1.807) is 12.1 Å². The fraction of sp³-hybridized carbons (Fsp3) is 0.263. The molecule has 0 saturated heterocycles. The van der Waals surface area contributed by atoms with Crippen LogP contribution in [-0.2, 0) is 16.0 Å². The molecule has 0 aliphatic carbocycles. The van der Waals surface area contributed by atoms with Gasteiger partial charge in [0.15, 0.2) is 0 Å². The van der Waals surface area contributed by atoms with Gasteiger partial charge in [-0.05, 0) is 36.2 Å². The van der Waals surface area contributed by atoms with Crippen molar-refractivity contribution in [3.8, 4) is 0 Å². The normalized spacial score (nSPS) is 11.7. The molecule has 0 saturated carbocycles. The maximum absolute atomic E-state index is 12.8. The molecule has 1 unspecified atom stereocenters. The second-order valence-corrected chi connectivity index (χ2v) is 6.75. The summed E-state index contributed by atoms with van der Waals surface area (Å²) < 4.78 is 12.8. The van der Waals surface area contributed by atoms with Crippen molar-refractivity contribution < 1.29 is 19.1 Å². The lowest BCUT2D eigenvalue weighted by atomic mass is 9.99. The highest BCUT2D eigenvalue weighted by Gasteiger charge is 2.18. The van der Waals surface area contributed by atoms with Gasteiger partial charge in [0.05, 0.1) is 5.92 Å². The highest BCUT2D eigenvalue weighted by molar-refractivity contribution is 7.99. The summed E-state index contributed by atoms with van der Waals surface area (Å²) in [6.07, 6.45) is 0.653. The molecule has 2 aromatic rings. The summed E-state index contributed by atoms with van der Waals surface area (Å²) in [5, 5.41) is 12.0. The molecule has 1 atom stereocenters. The molecule has 0 fully saturated rings. The summed E-state index contributed by atoms with van der Waals surface area (Å²) in [5.41, 5.74) is 0.927. The van der Waals surface area contributed by atoms with Gasteiger partial charge in [0.1, 0.15) is 5.82 Å². The van der Waals surface area contributed by atoms with E-state index in [1.165, 1.54) is 23.9 Å². The number of thioether (sulfide) groups is 1. The Morgan fingerprint density at radius 3 is 2.40 bits per heavy atom. The molecule has 0 radical (unpaired) electrons. The maximum Gasteiger partial charge on any atom is 0.308 e. The fourth-order valence-corrected chi connectivity index (χ4v) is 3.11. The Labute approximate surface area is 150 Å². The first-order chi connectivity index (χ1) is 12.0. The van der Waals surface area contributed by atoms with Crippen LogP contribution in [0.2, 0.25) is 0 Å². The van der Waals surface area contributed by atoms with Gasteiger partial charge in [-0.1, -0.05) is 30.3 Å². The van der Waals surface area contributed by atoms with Crippen molar-refractivity contribution in [2.24, 2.45) is 5.92 Å². The van der Waals surface area contributed by atoms with E-state index < -0.39 is 11.9 Å². The first kappa shape index (κ1) is 19.0. The van der Waals surface area contributed by atoms with Crippen LogP contribution in [0.3, 0.4) is 0 Å². The lowest BCUT2D eigenvalue weighted by Gasteiger charge is -2.13. The van der Waals surface area contributed by atoms with Crippen molar-refractivity contribution in [2.45, 2.75) is 17.7 Å². The molecule has 1 amide bonds. The smallest absolute Gasteiger partial charge is 0.308 e. The van der Waals surface area contributed by atoms with Crippen molar-refractivity contribution in [1.82, 2.24) is 5.32 Å². The Kier molecular flexibility index (Phi) is 7.47. The van der Waals surface area contributed by atoms with Crippen molar-refractivity contribution in [3.05, 3.63) is 66.0 Å². The summed E-state index contributed by atoms with van der Waals surface area (Å²) in [7, 11) is 0. The van der Waals surface area contributed by atoms with Crippen LogP contribution < -0.4 is 5.32 Å². The lowest BCUT2D eigenvalue weighted by Crippen LogP contribution is -2.34. The number of benzene rings is 2. The van der Waals surface area contributed by atoms with E-state index in [0.29, 0.717) is 12.2 Å². The Balaban J connectivity index is 1.73. The average molecular weight is 361 g/mol. The third kappa shape index (κ3) is 6.97. The lowest BCUT2D eigenvalue weighted by molar-refractivity contribution is -0.141. The summed E-state index contributed by atoms with van der Waals surface area (Å²) in [6.45, 7) is 0.101. The standard InChI is InChI=1S/C19H20FNO3S/c20-16-6-8-17(9-7-16)25-11-10-18(22)21-13-15(19(23)24)12-14-4-2-1-3-5-14/h1-9,15H,10-13H2,(H,21,22)(H,23,24). The number of hydrogen-bond acceptors (Lipinski definition) is 3. The third-order valence-corrected chi connectivity index (χ3v) is 4.65. The van der Waals surface area contributed by atoms with Crippen LogP contribution in [0.15, 0.2) is 59.5 Å². The average Bonchev–Trinajstić information content (AvgIpc) is 2.61. The number of carboxylic acids is 1. The number of rotatable bonds is 9. The maximum atomic E-state index is 12.8. The molecule has 4 nitrogen and oxygen atoms in total. The highest BCUT2D eigenvalue weighted by atomic mass is 32.2. The highest BCUT2D eigenvalue weighted by Crippen LogP contribution is 2.18. The van der Waals surface area contributed by atoms with E-state index in [4.69, 9.17) is 0 Å². The second-order valence-electron chi connectivity index (χ2n) is 5.58. The van der Waals surface area contributed by atoms with Gasteiger partial charge in [-0.25, -0.2) is 4.39 Å². The number of carbonyl (C=O) groups is 2. The van der Waals surface area contributed by atoms with E-state index >= 15 is 0 Å². The number of amides is 1. The first-order valence-corrected chi connectivity index (χ1v) is 8.95. The Bertz CT molecular complexity index is 692. The number of nitrogens with one attached hydrogen (secondary N) is 1. The zero-order chi connectivity index (χ0) is 18.1. The third-order valence-electron chi connectivity index (χ3n) is 3.63. The first-order valence-electron chi connectivity index (χ1n) is 7.96. The second kappa shape index (κ2) is 9.84. The van der Waals surface area contributed by atoms with Crippen LogP contribution >= 0.6 is 11.8 Å². The zero-order valence-electron chi connectivity index (χ0n) is 13.7. The van der Waals surface area contributed by atoms with E-state index in [2.05, 4.69) is 5.32 Å². The van der Waals surface area contributed by atoms with Crippen LogP contribution in [0.4, 0.5) is 4.39 Å². The molecule has 0 heterocycles. The molecule has 0 spiro atoms. The predicted molar refractivity (Wildman–Crippen MR) is 96.0 cm³/mol. The van der Waals surface area contributed by atoms with E-state index in [9.17, 15) is 19.1 Å². The molecule has 6 heteroatoms. The minimum Gasteiger partial charge on any atom is -0.481 e. The zero-order valence-corrected chi connectivity index (χ0v) is 14.5. The van der Waals surface area contributed by atoms with Crippen molar-refractivity contribution >= 4 is 23.6 Å². The Hall–Kier alpha value is -2.34. The molecular weight excluding hydrogens is 341 g/mol. The van der Waals surface area contributed by atoms with Crippen molar-refractivity contribution in [1.29, 1.82) is 0 Å². The van der Waals surface area contributed by atoms with Crippen LogP contribution in [0, 0.1) is 11.7 Å². The Morgan fingerprint density at radius 2 is 1.76 bits per heavy atom. The molecule has 0 aromatic heterocycles. The summed E-state index contributed by atoms with van der Waals surface area (Å²) in [5.74, 6) is -1.51. The van der Waals surface area contributed by atoms with Gasteiger partial charge in [0.2, 0.25) is 5.91 Å². The van der Waals surface area contributed by atoms with Crippen LogP contribution in [0.1, 0.15) is 12.0 Å². The molecule has 2 aromatic carbocycles. The number of aliphatic carboxylic acids is 1. The number of carbonyl (C=O) groups excluding carboxylic acids is 1. The summed E-state index contributed by atoms with van der Waals surface area (Å²) in [4.78, 5) is 24.1. The van der Waals surface area contributed by atoms with Gasteiger partial charge in [-0.3, -0.25) is 9.59 Å². The van der Waals surface area contributed by atoms with Gasteiger partial charge < -0.3 is 10.4 Å². The van der Waals surface area contributed by atoms with Gasteiger partial charge in [-0.2, -0.15) is 0 Å². The van der Waals surface area contributed by atoms with E-state index in [0.717, 1.165) is 10.5 Å². The van der Waals surface area contributed by atoms with Gasteiger partial charge in [-0.15, -0.1) is 11.8 Å². The topological polar surface area (TPSA) is 66.4 Å². The van der Waals surface area contributed by atoms with E-state index in [-0.39, 0.29) is 24.7 Å². The van der Waals surface area contributed by atoms with Crippen LogP contribution in [-0.4, -0.2) is 29.3 Å². The molecule has 0 aliphatic rings. The molecular formula is C19H20FNO3S. The molecule has 0 bridgehead atoms.